The van der Waals surface area contributed by atoms with E-state index in [0.717, 1.165) is 48.6 Å². The third-order valence-electron chi connectivity index (χ3n) is 5.63. The Labute approximate surface area is 184 Å². The quantitative estimate of drug-likeness (QED) is 0.509. The number of anilines is 4. The Morgan fingerprint density at radius 1 is 1.09 bits per heavy atom. The number of H-pyrrole nitrogens is 1. The zero-order chi connectivity index (χ0) is 22.1. The Morgan fingerprint density at radius 2 is 1.81 bits per heavy atom. The van der Waals surface area contributed by atoms with Crippen LogP contribution in [0.4, 0.5) is 23.1 Å². The van der Waals surface area contributed by atoms with Gasteiger partial charge in [-0.15, -0.1) is 0 Å². The Kier molecular flexibility index (Phi) is 5.16. The molecule has 0 radical (unpaired) electrons. The Bertz CT molecular complexity index is 1300. The molecule has 162 valence electrons. The van der Waals surface area contributed by atoms with Crippen molar-refractivity contribution in [1.82, 2.24) is 19.9 Å². The zero-order valence-electron chi connectivity index (χ0n) is 17.7. The third-order valence-corrected chi connectivity index (χ3v) is 5.63. The summed E-state index contributed by atoms with van der Waals surface area (Å²) in [6.45, 7) is 3.23. The molecule has 1 fully saturated rings. The van der Waals surface area contributed by atoms with Gasteiger partial charge < -0.3 is 25.3 Å². The van der Waals surface area contributed by atoms with Gasteiger partial charge in [0.05, 0.1) is 24.3 Å². The molecule has 5 rings (SSSR count). The molecule has 1 aliphatic rings. The molecule has 32 heavy (non-hydrogen) atoms. The molecule has 0 amide bonds. The Hall–Kier alpha value is -3.98. The van der Waals surface area contributed by atoms with Crippen LogP contribution < -0.4 is 21.1 Å². The van der Waals surface area contributed by atoms with Crippen molar-refractivity contribution in [1.29, 1.82) is 0 Å². The van der Waals surface area contributed by atoms with Crippen LogP contribution in [0.2, 0.25) is 0 Å². The minimum atomic E-state index is -0.193. The summed E-state index contributed by atoms with van der Waals surface area (Å²) in [6, 6.07) is 12.0. The van der Waals surface area contributed by atoms with E-state index in [1.54, 1.807) is 18.6 Å². The largest absolute Gasteiger partial charge is 0.378 e. The predicted molar refractivity (Wildman–Crippen MR) is 125 cm³/mol. The smallest absolute Gasteiger partial charge is 0.259 e. The predicted octanol–water partition coefficient (Wildman–Crippen LogP) is 2.57. The van der Waals surface area contributed by atoms with Crippen molar-refractivity contribution in [2.75, 3.05) is 48.9 Å². The second-order valence-corrected chi connectivity index (χ2v) is 7.61. The molecule has 3 N–H and O–H groups in total. The molecule has 0 spiro atoms. The molecule has 4 aromatic rings. The van der Waals surface area contributed by atoms with Crippen molar-refractivity contribution in [3.8, 4) is 11.3 Å². The van der Waals surface area contributed by atoms with Gasteiger partial charge in [0.25, 0.3) is 5.56 Å². The number of hydrogen-bond donors (Lipinski definition) is 2. The van der Waals surface area contributed by atoms with E-state index in [0.29, 0.717) is 16.9 Å². The number of morpholine rings is 1. The van der Waals surface area contributed by atoms with Crippen LogP contribution in [0.3, 0.4) is 0 Å². The van der Waals surface area contributed by atoms with Gasteiger partial charge in [-0.3, -0.25) is 4.79 Å². The van der Waals surface area contributed by atoms with E-state index in [4.69, 9.17) is 15.5 Å². The number of pyridine rings is 2. The zero-order valence-corrected chi connectivity index (χ0v) is 17.7. The lowest BCUT2D eigenvalue weighted by molar-refractivity contribution is 0.122. The molecular formula is C23H23N7O2. The van der Waals surface area contributed by atoms with Crippen molar-refractivity contribution in [3.05, 3.63) is 65.3 Å². The summed E-state index contributed by atoms with van der Waals surface area (Å²) in [5.74, 6) is 0.749. The highest BCUT2D eigenvalue weighted by molar-refractivity contribution is 5.95. The van der Waals surface area contributed by atoms with Crippen molar-refractivity contribution in [2.24, 2.45) is 0 Å². The van der Waals surface area contributed by atoms with Gasteiger partial charge in [0.15, 0.2) is 0 Å². The topological polar surface area (TPSA) is 113 Å². The summed E-state index contributed by atoms with van der Waals surface area (Å²) in [4.78, 5) is 32.6. The van der Waals surface area contributed by atoms with Crippen LogP contribution in [0.1, 0.15) is 0 Å². The fourth-order valence-corrected chi connectivity index (χ4v) is 3.89. The lowest BCUT2D eigenvalue weighted by atomic mass is 10.1. The average Bonchev–Trinajstić information content (AvgIpc) is 2.84. The number of nitrogens with zero attached hydrogens (tertiary/aromatic N) is 5. The summed E-state index contributed by atoms with van der Waals surface area (Å²) >= 11 is 0. The summed E-state index contributed by atoms with van der Waals surface area (Å²) in [6.07, 6.45) is 4.89. The van der Waals surface area contributed by atoms with Gasteiger partial charge in [-0.05, 0) is 41.8 Å². The third kappa shape index (κ3) is 3.74. The molecule has 0 saturated carbocycles. The van der Waals surface area contributed by atoms with E-state index in [2.05, 4.69) is 32.0 Å². The maximum atomic E-state index is 12.7. The van der Waals surface area contributed by atoms with Gasteiger partial charge in [0, 0.05) is 55.7 Å². The van der Waals surface area contributed by atoms with Gasteiger partial charge >= 0.3 is 0 Å². The lowest BCUT2D eigenvalue weighted by Crippen LogP contribution is -2.36. The van der Waals surface area contributed by atoms with Crippen LogP contribution in [0.5, 0.6) is 0 Å². The summed E-state index contributed by atoms with van der Waals surface area (Å²) in [5.41, 5.74) is 8.89. The number of aromatic nitrogens is 4. The highest BCUT2D eigenvalue weighted by Crippen LogP contribution is 2.32. The maximum Gasteiger partial charge on any atom is 0.259 e. The van der Waals surface area contributed by atoms with E-state index in [-0.39, 0.29) is 11.5 Å². The number of nitrogens with one attached hydrogen (secondary N) is 1. The number of hydrogen-bond acceptors (Lipinski definition) is 8. The van der Waals surface area contributed by atoms with E-state index in [1.807, 2.05) is 36.2 Å². The van der Waals surface area contributed by atoms with Crippen LogP contribution >= 0.6 is 0 Å². The van der Waals surface area contributed by atoms with Gasteiger partial charge in [0.1, 0.15) is 5.82 Å². The van der Waals surface area contributed by atoms with Gasteiger partial charge in [-0.25, -0.2) is 15.0 Å². The number of nitrogen functional groups attached to an aromatic ring is 1. The molecule has 9 nitrogen and oxygen atoms in total. The van der Waals surface area contributed by atoms with Gasteiger partial charge in [-0.1, -0.05) is 0 Å². The molecule has 1 saturated heterocycles. The van der Waals surface area contributed by atoms with Crippen molar-refractivity contribution in [2.45, 2.75) is 0 Å². The normalized spacial score (nSPS) is 14.0. The first-order valence-electron chi connectivity index (χ1n) is 10.4. The Morgan fingerprint density at radius 3 is 2.53 bits per heavy atom. The van der Waals surface area contributed by atoms with Crippen LogP contribution in [0, 0.1) is 0 Å². The highest BCUT2D eigenvalue weighted by Gasteiger charge is 2.17. The van der Waals surface area contributed by atoms with Gasteiger partial charge in [0.2, 0.25) is 5.95 Å². The van der Waals surface area contributed by atoms with Crippen LogP contribution in [0.25, 0.3) is 22.0 Å². The average molecular weight is 429 g/mol. The first-order valence-corrected chi connectivity index (χ1v) is 10.4. The minimum Gasteiger partial charge on any atom is -0.378 e. The molecule has 0 atom stereocenters. The summed E-state index contributed by atoms with van der Waals surface area (Å²) in [5, 5.41) is 1.30. The fraction of sp³-hybridized carbons (Fsp3) is 0.217. The SMILES string of the molecule is CN(c1ccc(N2CCOCC2)cc1)c1nc(-c2cnc(N)nc2)cc2cc[nH]c(=O)c12. The molecule has 1 aliphatic heterocycles. The summed E-state index contributed by atoms with van der Waals surface area (Å²) in [7, 11) is 1.90. The van der Waals surface area contributed by atoms with Crippen molar-refractivity contribution >= 4 is 33.9 Å². The molecule has 0 unspecified atom stereocenters. The first-order chi connectivity index (χ1) is 15.6. The van der Waals surface area contributed by atoms with E-state index in [9.17, 15) is 4.79 Å². The molecule has 0 aliphatic carbocycles. The highest BCUT2D eigenvalue weighted by atomic mass is 16.5. The number of fused-ring (bicyclic) bond motifs is 1. The molecule has 9 heteroatoms. The van der Waals surface area contributed by atoms with Crippen LogP contribution in [-0.4, -0.2) is 53.3 Å². The van der Waals surface area contributed by atoms with E-state index in [1.165, 1.54) is 0 Å². The van der Waals surface area contributed by atoms with E-state index >= 15 is 0 Å². The number of ether oxygens (including phenoxy) is 1. The van der Waals surface area contributed by atoms with Crippen LogP contribution in [-0.2, 0) is 4.74 Å². The molecule has 3 aromatic heterocycles. The number of rotatable bonds is 4. The second-order valence-electron chi connectivity index (χ2n) is 7.61. The molecule has 4 heterocycles. The minimum absolute atomic E-state index is 0.193. The second kappa shape index (κ2) is 8.27. The number of benzene rings is 1. The number of nitrogens with two attached hydrogens (primary N) is 1. The van der Waals surface area contributed by atoms with Crippen LogP contribution in [0.15, 0.2) is 59.8 Å². The van der Waals surface area contributed by atoms with Crippen molar-refractivity contribution < 1.29 is 4.74 Å². The first kappa shape index (κ1) is 20.0. The lowest BCUT2D eigenvalue weighted by Gasteiger charge is -2.29. The monoisotopic (exact) mass is 429 g/mol. The maximum absolute atomic E-state index is 12.7. The standard InChI is InChI=1S/C23H23N7O2/c1-29(17-2-4-18(5-3-17)30-8-10-32-11-9-30)21-20-15(6-7-25-22(20)31)12-19(28-21)16-13-26-23(24)27-14-16/h2-7,12-14H,8-11H2,1H3,(H,25,31)(H2,24,26,27). The molecular weight excluding hydrogens is 406 g/mol. The Balaban J connectivity index is 1.57. The summed E-state index contributed by atoms with van der Waals surface area (Å²) < 4.78 is 5.44. The number of aromatic amines is 1. The van der Waals surface area contributed by atoms with Gasteiger partial charge in [-0.2, -0.15) is 0 Å². The fourth-order valence-electron chi connectivity index (χ4n) is 3.89. The molecule has 0 bridgehead atoms. The van der Waals surface area contributed by atoms with E-state index < -0.39 is 0 Å². The molecule has 1 aromatic carbocycles. The van der Waals surface area contributed by atoms with Crippen molar-refractivity contribution in [3.63, 3.8) is 0 Å².